The molecule has 16 heavy (non-hydrogen) atoms. The monoisotopic (exact) mass is 237 g/mol. The van der Waals surface area contributed by atoms with Gasteiger partial charge in [-0.2, -0.15) is 0 Å². The van der Waals surface area contributed by atoms with Gasteiger partial charge < -0.3 is 10.2 Å². The zero-order valence-electron chi connectivity index (χ0n) is 9.56. The minimum Gasteiger partial charge on any atom is -0.310 e. The summed E-state index contributed by atoms with van der Waals surface area (Å²) in [4.78, 5) is 6.90. The Bertz CT molecular complexity index is 321. The van der Waals surface area contributed by atoms with E-state index in [1.54, 1.807) is 11.3 Å². The molecule has 0 amide bonds. The van der Waals surface area contributed by atoms with Crippen LogP contribution in [-0.4, -0.2) is 41.6 Å². The summed E-state index contributed by atoms with van der Waals surface area (Å²) in [6.45, 7) is 3.67. The van der Waals surface area contributed by atoms with Gasteiger partial charge in [0.25, 0.3) is 0 Å². The van der Waals surface area contributed by atoms with Crippen molar-refractivity contribution in [1.82, 2.24) is 15.2 Å². The number of aromatic nitrogens is 1. The van der Waals surface area contributed by atoms with Crippen molar-refractivity contribution in [2.75, 3.05) is 19.6 Å². The third-order valence-corrected chi connectivity index (χ3v) is 4.29. The zero-order chi connectivity index (χ0) is 10.8. The summed E-state index contributed by atoms with van der Waals surface area (Å²) in [7, 11) is 0. The van der Waals surface area contributed by atoms with Gasteiger partial charge in [-0.05, 0) is 25.8 Å². The molecule has 1 aromatic rings. The number of likely N-dealkylation sites (tertiary alicyclic amines) is 1. The lowest BCUT2D eigenvalue weighted by Gasteiger charge is -2.15. The molecule has 0 radical (unpaired) electrons. The van der Waals surface area contributed by atoms with Gasteiger partial charge in [0.15, 0.2) is 0 Å². The first kappa shape index (κ1) is 10.7. The van der Waals surface area contributed by atoms with Crippen molar-refractivity contribution >= 4 is 11.3 Å². The molecule has 88 valence electrons. The molecule has 2 aliphatic rings. The number of thiazole rings is 1. The summed E-state index contributed by atoms with van der Waals surface area (Å²) in [6, 6.07) is 1.60. The van der Waals surface area contributed by atoms with Crippen LogP contribution in [0.15, 0.2) is 11.6 Å². The molecule has 1 saturated carbocycles. The van der Waals surface area contributed by atoms with Gasteiger partial charge in [0.2, 0.25) is 0 Å². The Balaban J connectivity index is 1.39. The predicted molar refractivity (Wildman–Crippen MR) is 66.8 cm³/mol. The van der Waals surface area contributed by atoms with Gasteiger partial charge >= 0.3 is 0 Å². The maximum absolute atomic E-state index is 4.33. The van der Waals surface area contributed by atoms with E-state index < -0.39 is 0 Å². The van der Waals surface area contributed by atoms with Crippen LogP contribution in [0.2, 0.25) is 0 Å². The van der Waals surface area contributed by atoms with Gasteiger partial charge in [-0.3, -0.25) is 0 Å². The average Bonchev–Trinajstić information content (AvgIpc) is 2.81. The molecule has 0 aromatic carbocycles. The molecule has 1 unspecified atom stereocenters. The third-order valence-electron chi connectivity index (χ3n) is 3.45. The van der Waals surface area contributed by atoms with E-state index in [-0.39, 0.29) is 0 Å². The Labute approximate surface area is 101 Å². The van der Waals surface area contributed by atoms with E-state index >= 15 is 0 Å². The largest absolute Gasteiger partial charge is 0.310 e. The lowest BCUT2D eigenvalue weighted by Crippen LogP contribution is -2.34. The molecule has 3 nitrogen and oxygen atoms in total. The summed E-state index contributed by atoms with van der Waals surface area (Å²) >= 11 is 1.77. The van der Waals surface area contributed by atoms with Crippen molar-refractivity contribution < 1.29 is 0 Å². The molecular formula is C12H19N3S. The Morgan fingerprint density at radius 2 is 2.31 bits per heavy atom. The van der Waals surface area contributed by atoms with Gasteiger partial charge in [0.05, 0.1) is 5.01 Å². The van der Waals surface area contributed by atoms with Crippen molar-refractivity contribution in [3.63, 3.8) is 0 Å². The van der Waals surface area contributed by atoms with Crippen LogP contribution in [0, 0.1) is 0 Å². The van der Waals surface area contributed by atoms with Crippen molar-refractivity contribution in [3.8, 4) is 0 Å². The van der Waals surface area contributed by atoms with Crippen molar-refractivity contribution in [1.29, 1.82) is 0 Å². The second-order valence-electron chi connectivity index (χ2n) is 4.90. The molecule has 4 heteroatoms. The maximum atomic E-state index is 4.33. The van der Waals surface area contributed by atoms with Crippen LogP contribution in [0.4, 0.5) is 0 Å². The van der Waals surface area contributed by atoms with Crippen LogP contribution in [0.3, 0.4) is 0 Å². The SMILES string of the molecule is c1csc(CCN2CCC(NC3CC3)C2)n1. The average molecular weight is 237 g/mol. The standard InChI is InChI=1S/C12H19N3S/c1-2-10(1)14-11-3-6-15(9-11)7-4-12-13-5-8-16-12/h5,8,10-11,14H,1-4,6-7,9H2. The van der Waals surface area contributed by atoms with Gasteiger partial charge in [0.1, 0.15) is 0 Å². The summed E-state index contributed by atoms with van der Waals surface area (Å²) in [6.07, 6.45) is 7.15. The second-order valence-corrected chi connectivity index (χ2v) is 5.88. The van der Waals surface area contributed by atoms with E-state index in [1.807, 2.05) is 6.20 Å². The zero-order valence-corrected chi connectivity index (χ0v) is 10.4. The fourth-order valence-electron chi connectivity index (χ4n) is 2.39. The van der Waals surface area contributed by atoms with E-state index in [0.717, 1.165) is 18.5 Å². The van der Waals surface area contributed by atoms with E-state index in [9.17, 15) is 0 Å². The maximum Gasteiger partial charge on any atom is 0.0937 e. The molecule has 0 spiro atoms. The third kappa shape index (κ3) is 2.81. The molecule has 3 rings (SSSR count). The first-order valence-electron chi connectivity index (χ1n) is 6.27. The van der Waals surface area contributed by atoms with Crippen molar-refractivity contribution in [2.45, 2.75) is 37.8 Å². The first-order chi connectivity index (χ1) is 7.90. The fourth-order valence-corrected chi connectivity index (χ4v) is 2.99. The van der Waals surface area contributed by atoms with Gasteiger partial charge in [0, 0.05) is 43.2 Å². The molecule has 1 aliphatic heterocycles. The summed E-state index contributed by atoms with van der Waals surface area (Å²) in [5.74, 6) is 0. The van der Waals surface area contributed by atoms with Crippen LogP contribution in [-0.2, 0) is 6.42 Å². The number of rotatable bonds is 5. The molecule has 2 fully saturated rings. The minimum absolute atomic E-state index is 0.754. The first-order valence-corrected chi connectivity index (χ1v) is 7.15. The van der Waals surface area contributed by atoms with Gasteiger partial charge in [-0.1, -0.05) is 0 Å². The second kappa shape index (κ2) is 4.82. The fraction of sp³-hybridized carbons (Fsp3) is 0.750. The lowest BCUT2D eigenvalue weighted by atomic mass is 10.2. The molecule has 1 N–H and O–H groups in total. The van der Waals surface area contributed by atoms with Crippen molar-refractivity contribution in [3.05, 3.63) is 16.6 Å². The Hall–Kier alpha value is -0.450. The molecule has 1 aliphatic carbocycles. The highest BCUT2D eigenvalue weighted by Crippen LogP contribution is 2.22. The lowest BCUT2D eigenvalue weighted by molar-refractivity contribution is 0.331. The number of nitrogens with zero attached hydrogens (tertiary/aromatic N) is 2. The normalized spacial score (nSPS) is 26.4. The quantitative estimate of drug-likeness (QED) is 0.841. The van der Waals surface area contributed by atoms with Crippen LogP contribution in [0.1, 0.15) is 24.3 Å². The van der Waals surface area contributed by atoms with Gasteiger partial charge in [-0.15, -0.1) is 11.3 Å². The van der Waals surface area contributed by atoms with Crippen molar-refractivity contribution in [2.24, 2.45) is 0 Å². The van der Waals surface area contributed by atoms with Crippen LogP contribution in [0.25, 0.3) is 0 Å². The molecule has 2 heterocycles. The Morgan fingerprint density at radius 3 is 3.06 bits per heavy atom. The van der Waals surface area contributed by atoms with E-state index in [4.69, 9.17) is 0 Å². The predicted octanol–water partition coefficient (Wildman–Crippen LogP) is 1.51. The minimum atomic E-state index is 0.754. The Morgan fingerprint density at radius 1 is 1.38 bits per heavy atom. The number of hydrogen-bond acceptors (Lipinski definition) is 4. The summed E-state index contributed by atoms with van der Waals surface area (Å²) in [5, 5.41) is 7.06. The van der Waals surface area contributed by atoms with E-state index in [2.05, 4.69) is 20.6 Å². The highest BCUT2D eigenvalue weighted by molar-refractivity contribution is 7.09. The van der Waals surface area contributed by atoms with Crippen LogP contribution in [0.5, 0.6) is 0 Å². The summed E-state index contributed by atoms with van der Waals surface area (Å²) in [5.41, 5.74) is 0. The molecular weight excluding hydrogens is 218 g/mol. The van der Waals surface area contributed by atoms with Crippen LogP contribution < -0.4 is 5.32 Å². The highest BCUT2D eigenvalue weighted by Gasteiger charge is 2.28. The van der Waals surface area contributed by atoms with E-state index in [1.165, 1.54) is 43.9 Å². The smallest absolute Gasteiger partial charge is 0.0937 e. The molecule has 1 saturated heterocycles. The number of hydrogen-bond donors (Lipinski definition) is 1. The molecule has 1 aromatic heterocycles. The summed E-state index contributed by atoms with van der Waals surface area (Å²) < 4.78 is 0. The highest BCUT2D eigenvalue weighted by atomic mass is 32.1. The Kier molecular flexibility index (Phi) is 3.22. The molecule has 1 atom stereocenters. The number of nitrogens with one attached hydrogen (secondary N) is 1. The topological polar surface area (TPSA) is 28.2 Å². The molecule has 0 bridgehead atoms. The van der Waals surface area contributed by atoms with E-state index in [0.29, 0.717) is 0 Å². The van der Waals surface area contributed by atoms with Gasteiger partial charge in [-0.25, -0.2) is 4.98 Å². The van der Waals surface area contributed by atoms with Crippen LogP contribution >= 0.6 is 11.3 Å².